The molecule has 2 amide bonds. The van der Waals surface area contributed by atoms with Crippen molar-refractivity contribution in [2.45, 2.75) is 82.6 Å². The van der Waals surface area contributed by atoms with Crippen LogP contribution in [0.3, 0.4) is 0 Å². The van der Waals surface area contributed by atoms with Crippen LogP contribution in [0, 0.1) is 23.7 Å². The van der Waals surface area contributed by atoms with Gasteiger partial charge in [0.2, 0.25) is 5.95 Å². The summed E-state index contributed by atoms with van der Waals surface area (Å²) in [6, 6.07) is 26.8. The number of rotatable bonds is 10. The number of benzene rings is 3. The Morgan fingerprint density at radius 3 is 2.15 bits per heavy atom. The second-order valence-corrected chi connectivity index (χ2v) is 17.0. The van der Waals surface area contributed by atoms with E-state index < -0.39 is 6.29 Å². The summed E-state index contributed by atoms with van der Waals surface area (Å²) in [5, 5.41) is 16.3. The van der Waals surface area contributed by atoms with Crippen molar-refractivity contribution in [3.05, 3.63) is 114 Å². The Hall–Kier alpha value is -4.35. The number of ether oxygens (including phenoxy) is 2. The van der Waals surface area contributed by atoms with Gasteiger partial charge >= 0.3 is 6.03 Å². The molecule has 10 rings (SSSR count). The highest BCUT2D eigenvalue weighted by molar-refractivity contribution is 5.75. The molecule has 0 unspecified atom stereocenters. The van der Waals surface area contributed by atoms with Crippen molar-refractivity contribution in [1.82, 2.24) is 25.5 Å². The molecule has 4 aliphatic carbocycles. The summed E-state index contributed by atoms with van der Waals surface area (Å²) in [7, 11) is 0. The standard InChI is InChI=1S/C45H54N6O4/c1-30-40(28-50-16-18-51(19-17-50)43-46-14-3-15-47-43)54-42(55-41(30)37-8-6-31(29-52)7-9-37)38-12-10-36(11-13-38)39-5-2-4-32(23-39)27-48-44(53)49-45-24-33-20-34(25-45)22-35(21-33)26-45/h2-15,23,30,33-35,40-42,52H,16-22,24-29H2,1H3,(H2,48,49,53)/t30-,33?,34?,35?,40+,41+,42+,45?/m1/s1. The lowest BCUT2D eigenvalue weighted by Gasteiger charge is -2.56. The number of hydrogen-bond donors (Lipinski definition) is 3. The Balaban J connectivity index is 0.858. The van der Waals surface area contributed by atoms with Gasteiger partial charge in [0.25, 0.3) is 0 Å². The third-order valence-corrected chi connectivity index (χ3v) is 13.1. The molecular formula is C45H54N6O4. The lowest BCUT2D eigenvalue weighted by atomic mass is 9.53. The van der Waals surface area contributed by atoms with Crippen LogP contribution in [0.25, 0.3) is 11.1 Å². The number of amides is 2. The zero-order valence-corrected chi connectivity index (χ0v) is 31.9. The van der Waals surface area contributed by atoms with Gasteiger partial charge in [-0.05, 0) is 96.2 Å². The Kier molecular flexibility index (Phi) is 10.3. The molecule has 0 spiro atoms. The Morgan fingerprint density at radius 2 is 1.47 bits per heavy atom. The second-order valence-electron chi connectivity index (χ2n) is 17.0. The fourth-order valence-electron chi connectivity index (χ4n) is 10.6. The largest absolute Gasteiger partial charge is 0.392 e. The van der Waals surface area contributed by atoms with Crippen molar-refractivity contribution in [1.29, 1.82) is 0 Å². The van der Waals surface area contributed by atoms with Gasteiger partial charge in [-0.1, -0.05) is 73.7 Å². The average Bonchev–Trinajstić information content (AvgIpc) is 3.21. The number of carbonyl (C=O) groups excluding carboxylic acids is 1. The maximum Gasteiger partial charge on any atom is 0.315 e. The molecule has 4 bridgehead atoms. The molecule has 6 aliphatic rings. The highest BCUT2D eigenvalue weighted by Crippen LogP contribution is 2.55. The molecule has 55 heavy (non-hydrogen) atoms. The molecule has 10 heteroatoms. The monoisotopic (exact) mass is 742 g/mol. The first-order valence-corrected chi connectivity index (χ1v) is 20.4. The number of nitrogens with one attached hydrogen (secondary N) is 2. The van der Waals surface area contributed by atoms with Gasteiger partial charge in [-0.25, -0.2) is 14.8 Å². The minimum atomic E-state index is -0.528. The summed E-state index contributed by atoms with van der Waals surface area (Å²) in [5.41, 5.74) is 6.22. The van der Waals surface area contributed by atoms with Crippen LogP contribution in [0.4, 0.5) is 10.7 Å². The first-order valence-electron chi connectivity index (χ1n) is 20.4. The van der Waals surface area contributed by atoms with E-state index >= 15 is 0 Å². The smallest absolute Gasteiger partial charge is 0.315 e. The zero-order valence-electron chi connectivity index (χ0n) is 31.9. The first-order chi connectivity index (χ1) is 26.9. The fourth-order valence-corrected chi connectivity index (χ4v) is 10.6. The van der Waals surface area contributed by atoms with Gasteiger partial charge in [-0.3, -0.25) is 4.90 Å². The topological polar surface area (TPSA) is 112 Å². The molecular weight excluding hydrogens is 689 g/mol. The van der Waals surface area contributed by atoms with Gasteiger partial charge in [0.15, 0.2) is 6.29 Å². The van der Waals surface area contributed by atoms with Gasteiger partial charge in [0, 0.05) is 68.7 Å². The summed E-state index contributed by atoms with van der Waals surface area (Å²) in [6.45, 7) is 7.06. The molecule has 288 valence electrons. The van der Waals surface area contributed by atoms with Crippen LogP contribution < -0.4 is 15.5 Å². The van der Waals surface area contributed by atoms with Gasteiger partial charge in [-0.15, -0.1) is 0 Å². The van der Waals surface area contributed by atoms with Gasteiger partial charge < -0.3 is 30.1 Å². The lowest BCUT2D eigenvalue weighted by Crippen LogP contribution is -2.61. The molecule has 2 aliphatic heterocycles. The number of aromatic nitrogens is 2. The number of anilines is 1. The highest BCUT2D eigenvalue weighted by Gasteiger charge is 2.51. The SMILES string of the molecule is C[C@@H]1[C@H](CN2CCN(c3ncccn3)CC2)O[C@H](c2ccc(-c3cccc(CNC(=O)NC45CC6CC(CC(C6)C4)C5)c3)cc2)O[C@@H]1c1ccc(CO)cc1. The molecule has 4 saturated carbocycles. The van der Waals surface area contributed by atoms with Crippen molar-refractivity contribution >= 4 is 12.0 Å². The van der Waals surface area contributed by atoms with Crippen LogP contribution in [-0.2, 0) is 22.6 Å². The lowest BCUT2D eigenvalue weighted by molar-refractivity contribution is -0.276. The van der Waals surface area contributed by atoms with Crippen LogP contribution >= 0.6 is 0 Å². The molecule has 2 saturated heterocycles. The van der Waals surface area contributed by atoms with Crippen molar-refractivity contribution in [2.75, 3.05) is 37.6 Å². The van der Waals surface area contributed by atoms with Crippen molar-refractivity contribution in [2.24, 2.45) is 23.7 Å². The molecule has 4 aromatic rings. The van der Waals surface area contributed by atoms with Gasteiger partial charge in [0.05, 0.1) is 18.8 Å². The number of carbonyl (C=O) groups is 1. The Bertz CT molecular complexity index is 1880. The summed E-state index contributed by atoms with van der Waals surface area (Å²) in [4.78, 5) is 26.8. The quantitative estimate of drug-likeness (QED) is 0.159. The molecule has 0 radical (unpaired) electrons. The minimum Gasteiger partial charge on any atom is -0.392 e. The first kappa shape index (κ1) is 36.3. The number of aliphatic hydroxyl groups is 1. The Morgan fingerprint density at radius 1 is 0.800 bits per heavy atom. The van der Waals surface area contributed by atoms with E-state index in [0.29, 0.717) is 6.54 Å². The molecule has 1 aromatic heterocycles. The Labute approximate surface area is 324 Å². The maximum atomic E-state index is 13.1. The molecule has 10 nitrogen and oxygen atoms in total. The highest BCUT2D eigenvalue weighted by atomic mass is 16.7. The normalized spacial score (nSPS) is 30.3. The van der Waals surface area contributed by atoms with Crippen molar-refractivity contribution < 1.29 is 19.4 Å². The third kappa shape index (κ3) is 8.01. The van der Waals surface area contributed by atoms with E-state index in [-0.39, 0.29) is 36.3 Å². The van der Waals surface area contributed by atoms with Crippen LogP contribution in [0.5, 0.6) is 0 Å². The third-order valence-electron chi connectivity index (χ3n) is 13.1. The number of piperazine rings is 1. The molecule has 3 N–H and O–H groups in total. The summed E-state index contributed by atoms with van der Waals surface area (Å²) in [5.74, 6) is 3.28. The molecule has 4 atom stereocenters. The summed E-state index contributed by atoms with van der Waals surface area (Å²) in [6.07, 6.45) is 10.4. The number of aliphatic hydroxyl groups excluding tert-OH is 1. The molecule has 6 fully saturated rings. The number of nitrogens with zero attached hydrogens (tertiary/aromatic N) is 4. The van der Waals surface area contributed by atoms with Crippen LogP contribution in [0.2, 0.25) is 0 Å². The van der Waals surface area contributed by atoms with Crippen LogP contribution in [0.15, 0.2) is 91.3 Å². The van der Waals surface area contributed by atoms with Crippen LogP contribution in [-0.4, -0.2) is 70.4 Å². The molecule has 3 aromatic carbocycles. The van der Waals surface area contributed by atoms with E-state index in [4.69, 9.17) is 9.47 Å². The van der Waals surface area contributed by atoms with Crippen molar-refractivity contribution in [3.63, 3.8) is 0 Å². The van der Waals surface area contributed by atoms with E-state index in [2.05, 4.69) is 98.0 Å². The van der Waals surface area contributed by atoms with E-state index in [0.717, 1.165) is 109 Å². The predicted octanol–water partition coefficient (Wildman–Crippen LogP) is 7.02. The van der Waals surface area contributed by atoms with E-state index in [1.807, 2.05) is 18.2 Å². The van der Waals surface area contributed by atoms with Crippen LogP contribution in [0.1, 0.15) is 80.1 Å². The van der Waals surface area contributed by atoms with Crippen molar-refractivity contribution in [3.8, 4) is 11.1 Å². The average molecular weight is 743 g/mol. The summed E-state index contributed by atoms with van der Waals surface area (Å²) < 4.78 is 13.6. The van der Waals surface area contributed by atoms with E-state index in [1.54, 1.807) is 12.4 Å². The van der Waals surface area contributed by atoms with Gasteiger partial charge in [0.1, 0.15) is 0 Å². The number of urea groups is 1. The van der Waals surface area contributed by atoms with E-state index in [9.17, 15) is 9.90 Å². The fraction of sp³-hybridized carbons (Fsp3) is 0.489. The molecule has 3 heterocycles. The van der Waals surface area contributed by atoms with Gasteiger partial charge in [-0.2, -0.15) is 0 Å². The maximum absolute atomic E-state index is 13.1. The summed E-state index contributed by atoms with van der Waals surface area (Å²) >= 11 is 0. The zero-order chi connectivity index (χ0) is 37.4. The van der Waals surface area contributed by atoms with E-state index in [1.165, 1.54) is 19.3 Å². The second kappa shape index (κ2) is 15.7. The predicted molar refractivity (Wildman–Crippen MR) is 212 cm³/mol. The number of hydrogen-bond acceptors (Lipinski definition) is 8. The minimum absolute atomic E-state index is 0.00464.